The fourth-order valence-electron chi connectivity index (χ4n) is 3.65. The van der Waals surface area contributed by atoms with Gasteiger partial charge in [-0.1, -0.05) is 66.2 Å². The van der Waals surface area contributed by atoms with E-state index >= 15 is 0 Å². The largest absolute Gasteiger partial charge is 0.416 e. The average Bonchev–Trinajstić information content (AvgIpc) is 3.19. The first kappa shape index (κ1) is 22.1. The van der Waals surface area contributed by atoms with Crippen LogP contribution in [0.2, 0.25) is 0 Å². The molecule has 1 aliphatic rings. The van der Waals surface area contributed by atoms with E-state index in [1.165, 1.54) is 22.5 Å². The predicted molar refractivity (Wildman–Crippen MR) is 117 cm³/mol. The molecular weight excluding hydrogens is 437 g/mol. The van der Waals surface area contributed by atoms with Gasteiger partial charge in [-0.3, -0.25) is 9.30 Å². The number of nitrogens with zero attached hydrogens (tertiary/aromatic N) is 2. The molecule has 0 aliphatic carbocycles. The monoisotopic (exact) mass is 458 g/mol. The molecule has 0 fully saturated rings. The molecule has 1 unspecified atom stereocenters. The van der Waals surface area contributed by atoms with Crippen LogP contribution in [0.3, 0.4) is 0 Å². The molecule has 0 saturated heterocycles. The summed E-state index contributed by atoms with van der Waals surface area (Å²) in [6.07, 6.45) is -4.51. The van der Waals surface area contributed by atoms with Gasteiger partial charge >= 0.3 is 6.18 Å². The van der Waals surface area contributed by atoms with Crippen LogP contribution in [0.5, 0.6) is 0 Å². The van der Waals surface area contributed by atoms with Crippen LogP contribution in [-0.4, -0.2) is 25.1 Å². The molecular formula is C24H21F3N2O2S. The molecule has 0 amide bonds. The van der Waals surface area contributed by atoms with Crippen molar-refractivity contribution in [1.82, 2.24) is 4.31 Å². The Morgan fingerprint density at radius 3 is 2.31 bits per heavy atom. The van der Waals surface area contributed by atoms with Gasteiger partial charge in [0.25, 0.3) is 10.0 Å². The lowest BCUT2D eigenvalue weighted by Gasteiger charge is -2.21. The van der Waals surface area contributed by atoms with Gasteiger partial charge < -0.3 is 0 Å². The van der Waals surface area contributed by atoms with Crippen molar-refractivity contribution in [2.24, 2.45) is 4.99 Å². The summed E-state index contributed by atoms with van der Waals surface area (Å²) >= 11 is 0. The van der Waals surface area contributed by atoms with Crippen molar-refractivity contribution in [3.05, 3.63) is 101 Å². The molecule has 1 aliphatic heterocycles. The second kappa shape index (κ2) is 8.43. The molecule has 0 spiro atoms. The van der Waals surface area contributed by atoms with Crippen LogP contribution in [0.25, 0.3) is 0 Å². The summed E-state index contributed by atoms with van der Waals surface area (Å²) in [6.45, 7) is 1.95. The van der Waals surface area contributed by atoms with Crippen molar-refractivity contribution in [1.29, 1.82) is 0 Å². The summed E-state index contributed by atoms with van der Waals surface area (Å²) < 4.78 is 67.5. The maximum Gasteiger partial charge on any atom is 0.416 e. The highest BCUT2D eigenvalue weighted by Crippen LogP contribution is 2.32. The van der Waals surface area contributed by atoms with Crippen LogP contribution in [-0.2, 0) is 22.6 Å². The third-order valence-corrected chi connectivity index (χ3v) is 7.15. The van der Waals surface area contributed by atoms with Crippen molar-refractivity contribution in [3.8, 4) is 0 Å². The molecule has 32 heavy (non-hydrogen) atoms. The van der Waals surface area contributed by atoms with Crippen LogP contribution < -0.4 is 0 Å². The smallest absolute Gasteiger partial charge is 0.261 e. The standard InChI is InChI=1S/C24H21F3N2O2S/c1-17-10-12-21(13-11-17)32(30,31)29-16-22(19-7-3-2-4-8-19)28-23(29)15-18-6-5-9-20(14-18)24(25,26)27/h2-14,22H,15-16H2,1H3. The summed E-state index contributed by atoms with van der Waals surface area (Å²) in [7, 11) is -3.92. The van der Waals surface area contributed by atoms with Gasteiger partial charge in [-0.05, 0) is 36.2 Å². The highest BCUT2D eigenvalue weighted by Gasteiger charge is 2.36. The Bertz CT molecular complexity index is 1240. The summed E-state index contributed by atoms with van der Waals surface area (Å²) in [5, 5.41) is 0. The fraction of sp³-hybridized carbons (Fsp3) is 0.208. The molecule has 0 saturated carbocycles. The summed E-state index contributed by atoms with van der Waals surface area (Å²) in [6, 6.07) is 20.2. The topological polar surface area (TPSA) is 49.7 Å². The van der Waals surface area contributed by atoms with Gasteiger partial charge in [0, 0.05) is 6.42 Å². The normalized spacial score (nSPS) is 16.8. The first-order valence-electron chi connectivity index (χ1n) is 10.0. The molecule has 166 valence electrons. The minimum atomic E-state index is -4.48. The molecule has 4 rings (SSSR count). The van der Waals surface area contributed by atoms with Crippen LogP contribution in [0.4, 0.5) is 13.2 Å². The summed E-state index contributed by atoms with van der Waals surface area (Å²) in [5.41, 5.74) is 1.33. The van der Waals surface area contributed by atoms with Gasteiger partial charge in [0.05, 0.1) is 23.0 Å². The van der Waals surface area contributed by atoms with E-state index in [0.717, 1.165) is 23.3 Å². The number of sulfonamides is 1. The van der Waals surface area contributed by atoms with E-state index < -0.39 is 27.8 Å². The lowest BCUT2D eigenvalue weighted by atomic mass is 10.1. The van der Waals surface area contributed by atoms with Gasteiger partial charge in [0.1, 0.15) is 5.84 Å². The number of alkyl halides is 3. The number of aryl methyl sites for hydroxylation is 1. The van der Waals surface area contributed by atoms with E-state index in [4.69, 9.17) is 0 Å². The summed E-state index contributed by atoms with van der Waals surface area (Å²) in [4.78, 5) is 4.74. The van der Waals surface area contributed by atoms with E-state index in [9.17, 15) is 21.6 Å². The van der Waals surface area contributed by atoms with E-state index in [1.54, 1.807) is 18.2 Å². The van der Waals surface area contributed by atoms with E-state index in [-0.39, 0.29) is 23.7 Å². The number of hydrogen-bond acceptors (Lipinski definition) is 3. The lowest BCUT2D eigenvalue weighted by Crippen LogP contribution is -2.35. The highest BCUT2D eigenvalue weighted by atomic mass is 32.2. The van der Waals surface area contributed by atoms with Crippen molar-refractivity contribution in [2.45, 2.75) is 30.5 Å². The van der Waals surface area contributed by atoms with Gasteiger partial charge in [0.15, 0.2) is 0 Å². The molecule has 8 heteroatoms. The minimum Gasteiger partial charge on any atom is -0.261 e. The molecule has 4 nitrogen and oxygen atoms in total. The Labute approximate surface area is 185 Å². The maximum absolute atomic E-state index is 13.4. The van der Waals surface area contributed by atoms with Gasteiger partial charge in [0.2, 0.25) is 0 Å². The number of benzene rings is 3. The molecule has 0 aromatic heterocycles. The Morgan fingerprint density at radius 1 is 0.969 bits per heavy atom. The molecule has 0 radical (unpaired) electrons. The van der Waals surface area contributed by atoms with Gasteiger partial charge in [-0.25, -0.2) is 8.42 Å². The number of hydrogen-bond donors (Lipinski definition) is 0. The van der Waals surface area contributed by atoms with Crippen LogP contribution in [0, 0.1) is 6.92 Å². The fourth-order valence-corrected chi connectivity index (χ4v) is 5.11. The van der Waals surface area contributed by atoms with Gasteiger partial charge in [-0.2, -0.15) is 13.2 Å². The number of rotatable bonds is 5. The van der Waals surface area contributed by atoms with E-state index in [2.05, 4.69) is 4.99 Å². The number of amidine groups is 1. The predicted octanol–water partition coefficient (Wildman–Crippen LogP) is 5.40. The Balaban J connectivity index is 1.72. The third kappa shape index (κ3) is 4.55. The van der Waals surface area contributed by atoms with Crippen molar-refractivity contribution in [3.63, 3.8) is 0 Å². The van der Waals surface area contributed by atoms with Crippen molar-refractivity contribution < 1.29 is 21.6 Å². The zero-order chi connectivity index (χ0) is 22.9. The molecule has 1 heterocycles. The Hall–Kier alpha value is -3.13. The highest BCUT2D eigenvalue weighted by molar-refractivity contribution is 7.89. The summed E-state index contributed by atoms with van der Waals surface area (Å²) in [5.74, 6) is 0.221. The molecule has 1 atom stereocenters. The van der Waals surface area contributed by atoms with E-state index in [1.807, 2.05) is 37.3 Å². The molecule has 3 aromatic rings. The number of halogens is 3. The first-order valence-corrected chi connectivity index (χ1v) is 11.5. The quantitative estimate of drug-likeness (QED) is 0.514. The van der Waals surface area contributed by atoms with Crippen LogP contribution in [0.15, 0.2) is 88.8 Å². The Morgan fingerprint density at radius 2 is 1.66 bits per heavy atom. The van der Waals surface area contributed by atoms with Crippen molar-refractivity contribution >= 4 is 15.9 Å². The van der Waals surface area contributed by atoms with E-state index in [0.29, 0.717) is 5.56 Å². The zero-order valence-corrected chi connectivity index (χ0v) is 18.1. The van der Waals surface area contributed by atoms with Gasteiger partial charge in [-0.15, -0.1) is 0 Å². The Kier molecular flexibility index (Phi) is 5.81. The number of aliphatic imine (C=N–C) groups is 1. The molecule has 3 aromatic carbocycles. The average molecular weight is 459 g/mol. The van der Waals surface area contributed by atoms with Crippen molar-refractivity contribution in [2.75, 3.05) is 6.54 Å². The SMILES string of the molecule is Cc1ccc(S(=O)(=O)N2CC(c3ccccc3)N=C2Cc2cccc(C(F)(F)F)c2)cc1. The maximum atomic E-state index is 13.4. The molecule has 0 N–H and O–H groups in total. The lowest BCUT2D eigenvalue weighted by molar-refractivity contribution is -0.137. The minimum absolute atomic E-state index is 0.0294. The molecule has 0 bridgehead atoms. The van der Waals surface area contributed by atoms with Crippen LogP contribution >= 0.6 is 0 Å². The van der Waals surface area contributed by atoms with Crippen LogP contribution in [0.1, 0.15) is 28.3 Å². The zero-order valence-electron chi connectivity index (χ0n) is 17.3. The third-order valence-electron chi connectivity index (χ3n) is 5.34. The second-order valence-electron chi connectivity index (χ2n) is 7.70. The second-order valence-corrected chi connectivity index (χ2v) is 9.56. The first-order chi connectivity index (χ1) is 15.1.